The molecule has 0 aromatic rings. The van der Waals surface area contributed by atoms with E-state index in [1.165, 1.54) is 58.0 Å². The lowest BCUT2D eigenvalue weighted by Gasteiger charge is -2.49. The van der Waals surface area contributed by atoms with Crippen molar-refractivity contribution in [2.24, 2.45) is 16.2 Å². The molecule has 0 fully saturated rings. The van der Waals surface area contributed by atoms with Crippen molar-refractivity contribution < 1.29 is 0 Å². The van der Waals surface area contributed by atoms with Crippen LogP contribution in [-0.2, 0) is 0 Å². The molecule has 0 rings (SSSR count). The fourth-order valence-electron chi connectivity index (χ4n) is 3.89. The van der Waals surface area contributed by atoms with E-state index in [1.54, 1.807) is 0 Å². The van der Waals surface area contributed by atoms with E-state index in [1.807, 2.05) is 11.8 Å². The summed E-state index contributed by atoms with van der Waals surface area (Å²) < 4.78 is 0.419. The third-order valence-corrected chi connectivity index (χ3v) is 8.52. The van der Waals surface area contributed by atoms with Gasteiger partial charge in [0.1, 0.15) is 0 Å². The van der Waals surface area contributed by atoms with E-state index in [2.05, 4.69) is 94.2 Å². The Morgan fingerprint density at radius 1 is 0.621 bits per heavy atom. The van der Waals surface area contributed by atoms with Gasteiger partial charge >= 0.3 is 0 Å². The topological polar surface area (TPSA) is 3.24 Å². The zero-order valence-electron chi connectivity index (χ0n) is 22.7. The maximum atomic E-state index is 2.78. The molecule has 0 aliphatic rings. The van der Waals surface area contributed by atoms with E-state index in [-0.39, 0.29) is 5.54 Å². The fourth-order valence-corrected chi connectivity index (χ4v) is 4.24. The Kier molecular flexibility index (Phi) is 11.4. The maximum absolute atomic E-state index is 2.78. The molecular weight excluding hydrogens is 370 g/mol. The van der Waals surface area contributed by atoms with Crippen molar-refractivity contribution in [3.05, 3.63) is 0 Å². The summed E-state index contributed by atoms with van der Waals surface area (Å²) in [5, 5.41) is 0. The Hall–Kier alpha value is 0.310. The second-order valence-corrected chi connectivity index (χ2v) is 15.1. The SMILES string of the molecule is CSC(C)(C)CCCCC(C)(CN(CCCCC(C)(C)C)C(C)(C)C)C(C)(C)C. The highest BCUT2D eigenvalue weighted by Gasteiger charge is 2.40. The van der Waals surface area contributed by atoms with Crippen LogP contribution in [0.15, 0.2) is 0 Å². The molecule has 2 heteroatoms. The van der Waals surface area contributed by atoms with E-state index in [0.29, 0.717) is 21.0 Å². The van der Waals surface area contributed by atoms with Gasteiger partial charge in [-0.1, -0.05) is 81.6 Å². The Morgan fingerprint density at radius 3 is 1.52 bits per heavy atom. The number of unbranched alkanes of at least 4 members (excludes halogenated alkanes) is 2. The number of rotatable bonds is 12. The predicted octanol–water partition coefficient (Wildman–Crippen LogP) is 9.06. The van der Waals surface area contributed by atoms with Crippen LogP contribution in [0, 0.1) is 16.2 Å². The molecule has 0 aliphatic heterocycles. The summed E-state index contributed by atoms with van der Waals surface area (Å²) in [4.78, 5) is 2.78. The summed E-state index contributed by atoms with van der Waals surface area (Å²) in [5.74, 6) is 0. The first kappa shape index (κ1) is 29.3. The Labute approximate surface area is 190 Å². The molecule has 0 saturated carbocycles. The summed E-state index contributed by atoms with van der Waals surface area (Å²) in [5.41, 5.74) is 1.34. The molecule has 0 spiro atoms. The van der Waals surface area contributed by atoms with Crippen molar-refractivity contribution in [1.82, 2.24) is 4.90 Å². The van der Waals surface area contributed by atoms with Crippen LogP contribution >= 0.6 is 11.8 Å². The standard InChI is InChI=1S/C27H57NS/c1-23(2,3)18-16-17-21-28(25(7,8)9)22-27(12,24(4,5)6)20-15-14-19-26(10,11)29-13/h14-22H2,1-13H3. The lowest BCUT2D eigenvalue weighted by molar-refractivity contribution is 0.00403. The van der Waals surface area contributed by atoms with Gasteiger partial charge in [0, 0.05) is 16.8 Å². The first-order valence-corrected chi connectivity index (χ1v) is 13.4. The fraction of sp³-hybridized carbons (Fsp3) is 1.00. The van der Waals surface area contributed by atoms with Crippen molar-refractivity contribution in [1.29, 1.82) is 0 Å². The van der Waals surface area contributed by atoms with Crippen LogP contribution in [0.2, 0.25) is 0 Å². The lowest BCUT2D eigenvalue weighted by atomic mass is 9.64. The average Bonchev–Trinajstić information content (AvgIpc) is 2.51. The van der Waals surface area contributed by atoms with Crippen LogP contribution in [-0.4, -0.2) is 34.5 Å². The van der Waals surface area contributed by atoms with Crippen LogP contribution < -0.4 is 0 Å². The largest absolute Gasteiger partial charge is 0.298 e. The second kappa shape index (κ2) is 11.3. The lowest BCUT2D eigenvalue weighted by Crippen LogP contribution is -2.51. The Bertz CT molecular complexity index is 447. The summed E-state index contributed by atoms with van der Waals surface area (Å²) in [7, 11) is 0. The molecule has 0 N–H and O–H groups in total. The molecule has 1 atom stereocenters. The Morgan fingerprint density at radius 2 is 1.10 bits per heavy atom. The molecule has 0 saturated heterocycles. The van der Waals surface area contributed by atoms with E-state index in [9.17, 15) is 0 Å². The molecule has 0 bridgehead atoms. The van der Waals surface area contributed by atoms with Gasteiger partial charge in [0.05, 0.1) is 0 Å². The predicted molar refractivity (Wildman–Crippen MR) is 138 cm³/mol. The van der Waals surface area contributed by atoms with Gasteiger partial charge in [-0.05, 0) is 75.5 Å². The maximum Gasteiger partial charge on any atom is 0.0125 e. The van der Waals surface area contributed by atoms with Crippen LogP contribution in [0.4, 0.5) is 0 Å². The zero-order chi connectivity index (χ0) is 23.1. The highest BCUT2D eigenvalue weighted by molar-refractivity contribution is 7.99. The number of nitrogens with zero attached hydrogens (tertiary/aromatic N) is 1. The van der Waals surface area contributed by atoms with Crippen molar-refractivity contribution in [3.8, 4) is 0 Å². The molecule has 176 valence electrons. The molecular formula is C27H57NS. The van der Waals surface area contributed by atoms with Gasteiger partial charge < -0.3 is 0 Å². The Balaban J connectivity index is 5.05. The molecule has 1 nitrogen and oxygen atoms in total. The van der Waals surface area contributed by atoms with Gasteiger partial charge in [-0.2, -0.15) is 11.8 Å². The molecule has 0 amide bonds. The minimum Gasteiger partial charge on any atom is -0.298 e. The molecule has 0 radical (unpaired) electrons. The minimum atomic E-state index is 0.231. The highest BCUT2D eigenvalue weighted by atomic mass is 32.2. The van der Waals surface area contributed by atoms with Crippen LogP contribution in [0.1, 0.15) is 128 Å². The molecule has 29 heavy (non-hydrogen) atoms. The number of hydrogen-bond acceptors (Lipinski definition) is 2. The van der Waals surface area contributed by atoms with Crippen LogP contribution in [0.3, 0.4) is 0 Å². The molecule has 0 aromatic carbocycles. The van der Waals surface area contributed by atoms with Crippen molar-refractivity contribution in [2.45, 2.75) is 138 Å². The highest BCUT2D eigenvalue weighted by Crippen LogP contribution is 2.44. The summed E-state index contributed by atoms with van der Waals surface area (Å²) >= 11 is 2.01. The smallest absolute Gasteiger partial charge is 0.0125 e. The summed E-state index contributed by atoms with van der Waals surface area (Å²) in [6.07, 6.45) is 11.6. The first-order valence-electron chi connectivity index (χ1n) is 12.1. The average molecular weight is 428 g/mol. The van der Waals surface area contributed by atoms with Gasteiger partial charge in [0.2, 0.25) is 0 Å². The quantitative estimate of drug-likeness (QED) is 0.286. The molecule has 1 unspecified atom stereocenters. The molecule has 0 aliphatic carbocycles. The molecule has 0 aromatic heterocycles. The number of thioether (sulfide) groups is 1. The second-order valence-electron chi connectivity index (χ2n) is 13.6. The van der Waals surface area contributed by atoms with Crippen molar-refractivity contribution in [3.63, 3.8) is 0 Å². The van der Waals surface area contributed by atoms with E-state index >= 15 is 0 Å². The van der Waals surface area contributed by atoms with Crippen LogP contribution in [0.25, 0.3) is 0 Å². The third kappa shape index (κ3) is 12.1. The third-order valence-electron chi connectivity index (χ3n) is 7.21. The minimum absolute atomic E-state index is 0.231. The normalized spacial score (nSPS) is 16.3. The van der Waals surface area contributed by atoms with Gasteiger partial charge in [-0.3, -0.25) is 4.90 Å². The van der Waals surface area contributed by atoms with E-state index in [4.69, 9.17) is 0 Å². The van der Waals surface area contributed by atoms with Gasteiger partial charge in [0.15, 0.2) is 0 Å². The zero-order valence-corrected chi connectivity index (χ0v) is 23.5. The van der Waals surface area contributed by atoms with E-state index < -0.39 is 0 Å². The van der Waals surface area contributed by atoms with Gasteiger partial charge in [-0.15, -0.1) is 0 Å². The van der Waals surface area contributed by atoms with Gasteiger partial charge in [0.25, 0.3) is 0 Å². The molecule has 0 heterocycles. The summed E-state index contributed by atoms with van der Waals surface area (Å²) in [6, 6.07) is 0. The van der Waals surface area contributed by atoms with E-state index in [0.717, 1.165) is 0 Å². The van der Waals surface area contributed by atoms with Crippen LogP contribution in [0.5, 0.6) is 0 Å². The van der Waals surface area contributed by atoms with Gasteiger partial charge in [-0.25, -0.2) is 0 Å². The first-order chi connectivity index (χ1) is 12.8. The number of hydrogen-bond donors (Lipinski definition) is 0. The summed E-state index contributed by atoms with van der Waals surface area (Å²) in [6.45, 7) is 31.4. The van der Waals surface area contributed by atoms with Crippen molar-refractivity contribution in [2.75, 3.05) is 19.3 Å². The van der Waals surface area contributed by atoms with Crippen molar-refractivity contribution >= 4 is 11.8 Å². The monoisotopic (exact) mass is 427 g/mol.